The number of hydrogen-bond donors (Lipinski definition) is 0. The van der Waals surface area contributed by atoms with E-state index in [0.717, 1.165) is 0 Å². The van der Waals surface area contributed by atoms with Gasteiger partial charge in [0.25, 0.3) is 0 Å². The molecule has 0 saturated carbocycles. The average molecular weight is 1290 g/mol. The molecular formula is C36H108O17Si17. The van der Waals surface area contributed by atoms with Gasteiger partial charge in [0.05, 0.1) is 0 Å². The van der Waals surface area contributed by atoms with Crippen LogP contribution in [0.1, 0.15) is 0 Å². The molecule has 0 spiro atoms. The third kappa shape index (κ3) is 33.4. The predicted octanol–water partition coefficient (Wildman–Crippen LogP) is 13.0. The van der Waals surface area contributed by atoms with Crippen LogP contribution in [0.4, 0.5) is 0 Å². The molecule has 0 aliphatic heterocycles. The van der Waals surface area contributed by atoms with Gasteiger partial charge in [0.1, 0.15) is 0 Å². The van der Waals surface area contributed by atoms with Crippen molar-refractivity contribution in [3.05, 3.63) is 0 Å². The molecular weight excluding hydrogens is 1180 g/mol. The highest BCUT2D eigenvalue weighted by atomic mass is 28.5. The van der Waals surface area contributed by atoms with Crippen LogP contribution in [0.25, 0.3) is 0 Å². The Balaban J connectivity index is 5.75. The maximum absolute atomic E-state index is 6.90. The Kier molecular flexibility index (Phi) is 25.4. The van der Waals surface area contributed by atoms with E-state index in [1.807, 2.05) is 26.2 Å². The number of rotatable bonds is 33. The molecule has 0 aromatic rings. The first kappa shape index (κ1) is 73.0. The zero-order chi connectivity index (χ0) is 56.5. The van der Waals surface area contributed by atoms with Gasteiger partial charge in [0.15, 0.2) is 8.32 Å². The second-order valence-electron chi connectivity index (χ2n) is 26.3. The minimum absolute atomic E-state index is 1.69. The van der Waals surface area contributed by atoms with Crippen LogP contribution in [0.2, 0.25) is 229 Å². The van der Waals surface area contributed by atoms with Crippen molar-refractivity contribution < 1.29 is 70.3 Å². The molecule has 0 fully saturated rings. The van der Waals surface area contributed by atoms with Crippen LogP contribution in [0.3, 0.4) is 0 Å². The maximum Gasteiger partial charge on any atom is 0.322 e. The fraction of sp³-hybridized carbons (Fsp3) is 1.00. The summed E-state index contributed by atoms with van der Waals surface area (Å²) in [4.78, 5) is 0. The zero-order valence-electron chi connectivity index (χ0n) is 51.4. The van der Waals surface area contributed by atoms with Crippen LogP contribution in [0.5, 0.6) is 0 Å². The first-order valence-corrected chi connectivity index (χ1v) is 73.1. The van der Waals surface area contributed by atoms with Gasteiger partial charge in [-0.2, -0.15) is 0 Å². The summed E-state index contributed by atoms with van der Waals surface area (Å²) in [7, 11) is -43.2. The van der Waals surface area contributed by atoms with E-state index in [4.69, 9.17) is 70.3 Å². The molecule has 17 nitrogen and oxygen atoms in total. The Bertz CT molecular complexity index is 1670. The zero-order valence-corrected chi connectivity index (χ0v) is 68.4. The van der Waals surface area contributed by atoms with Gasteiger partial charge in [-0.3, -0.25) is 0 Å². The standard InChI is InChI=1S/C36H108O17Si17/c1-37-55(5,6)39-57(9,10)41-59(13,14)43-61(17,18)45-63(21,22)47-65(25,26)49-67(29,30)51-69(33,34)53-70(35,36)52-68(31,32)50-66(27,28)48-64(23,24)46-62(19,20)44-60(15,16)42-58(11,12)40-56(7,8)38-54(2,3)4/h1-36H3. The molecule has 34 heteroatoms. The molecule has 0 rings (SSSR count). The molecule has 0 aliphatic carbocycles. The van der Waals surface area contributed by atoms with E-state index >= 15 is 0 Å². The summed E-state index contributed by atoms with van der Waals surface area (Å²) >= 11 is 0. The first-order valence-electron chi connectivity index (χ1n) is 24.6. The van der Waals surface area contributed by atoms with Gasteiger partial charge >= 0.3 is 137 Å². The summed E-state index contributed by atoms with van der Waals surface area (Å²) in [5.74, 6) is 0. The normalized spacial score (nSPS) is 16.1. The van der Waals surface area contributed by atoms with Crippen LogP contribution >= 0.6 is 0 Å². The van der Waals surface area contributed by atoms with Crippen LogP contribution in [-0.4, -0.2) is 152 Å². The second kappa shape index (κ2) is 24.4. The van der Waals surface area contributed by atoms with Crippen molar-refractivity contribution in [2.75, 3.05) is 7.11 Å². The van der Waals surface area contributed by atoms with E-state index in [2.05, 4.69) is 203 Å². The fourth-order valence-electron chi connectivity index (χ4n) is 9.97. The lowest BCUT2D eigenvalue weighted by atomic mass is 11.8. The van der Waals surface area contributed by atoms with Gasteiger partial charge in [-0.1, -0.05) is 0 Å². The Labute approximate surface area is 448 Å². The summed E-state index contributed by atoms with van der Waals surface area (Å²) in [6.45, 7) is 72.5. The highest BCUT2D eigenvalue weighted by Crippen LogP contribution is 2.33. The van der Waals surface area contributed by atoms with E-state index in [1.165, 1.54) is 0 Å². The highest BCUT2D eigenvalue weighted by molar-refractivity contribution is 6.95. The van der Waals surface area contributed by atoms with Crippen molar-refractivity contribution in [2.45, 2.75) is 229 Å². The minimum Gasteiger partial charge on any atom is -0.437 e. The average Bonchev–Trinajstić information content (AvgIpc) is 2.84. The quantitative estimate of drug-likeness (QED) is 0.0571. The van der Waals surface area contributed by atoms with Crippen molar-refractivity contribution in [2.24, 2.45) is 0 Å². The molecule has 0 atom stereocenters. The molecule has 0 unspecified atom stereocenters. The van der Waals surface area contributed by atoms with Crippen molar-refractivity contribution in [3.8, 4) is 0 Å². The molecule has 0 radical (unpaired) electrons. The van der Waals surface area contributed by atoms with Crippen LogP contribution < -0.4 is 0 Å². The summed E-state index contributed by atoms with van der Waals surface area (Å²) < 4.78 is 114. The molecule has 0 heterocycles. The lowest BCUT2D eigenvalue weighted by Crippen LogP contribution is -2.63. The summed E-state index contributed by atoms with van der Waals surface area (Å²) in [5, 5.41) is 0. The largest absolute Gasteiger partial charge is 0.437 e. The Morgan fingerprint density at radius 2 is 0.214 bits per heavy atom. The van der Waals surface area contributed by atoms with E-state index < -0.39 is 145 Å². The SMILES string of the molecule is CO[Si](C)(C)O[Si](C)(C)O[Si](C)(C)O[Si](C)(C)O[Si](C)(C)O[Si](C)(C)O[Si](C)(C)O[Si](C)(C)O[Si](C)(C)O[Si](C)(C)O[Si](C)(C)O[Si](C)(C)O[Si](C)(C)O[Si](C)(C)O[Si](C)(C)O[Si](C)(C)O[Si](C)(C)C. The third-order valence-electron chi connectivity index (χ3n) is 8.42. The van der Waals surface area contributed by atoms with Gasteiger partial charge in [-0.05, 0) is 229 Å². The maximum atomic E-state index is 6.90. The van der Waals surface area contributed by atoms with Crippen LogP contribution in [-0.2, 0) is 70.3 Å². The van der Waals surface area contributed by atoms with Crippen molar-refractivity contribution in [1.29, 1.82) is 0 Å². The Hall–Kier alpha value is 3.01. The molecule has 70 heavy (non-hydrogen) atoms. The Morgan fingerprint density at radius 1 is 0.129 bits per heavy atom. The molecule has 0 saturated heterocycles. The molecule has 422 valence electrons. The van der Waals surface area contributed by atoms with Crippen molar-refractivity contribution in [3.63, 3.8) is 0 Å². The van der Waals surface area contributed by atoms with E-state index in [0.29, 0.717) is 0 Å². The van der Waals surface area contributed by atoms with Crippen LogP contribution in [0.15, 0.2) is 0 Å². The van der Waals surface area contributed by atoms with Gasteiger partial charge < -0.3 is 70.3 Å². The number of hydrogen-bond acceptors (Lipinski definition) is 17. The van der Waals surface area contributed by atoms with Gasteiger partial charge in [-0.25, -0.2) is 0 Å². The lowest BCUT2D eigenvalue weighted by Gasteiger charge is -2.45. The summed E-state index contributed by atoms with van der Waals surface area (Å²) in [6, 6.07) is 0. The topological polar surface area (TPSA) is 157 Å². The summed E-state index contributed by atoms with van der Waals surface area (Å²) in [5.41, 5.74) is 0. The van der Waals surface area contributed by atoms with E-state index in [-0.39, 0.29) is 0 Å². The van der Waals surface area contributed by atoms with Crippen molar-refractivity contribution in [1.82, 2.24) is 0 Å². The molecule has 0 aromatic carbocycles. The fourth-order valence-corrected chi connectivity index (χ4v) is 95.4. The van der Waals surface area contributed by atoms with Crippen LogP contribution in [0, 0.1) is 0 Å². The molecule has 0 amide bonds. The third-order valence-corrected chi connectivity index (χ3v) is 72.8. The van der Waals surface area contributed by atoms with Gasteiger partial charge in [0.2, 0.25) is 0 Å². The Morgan fingerprint density at radius 3 is 0.300 bits per heavy atom. The monoisotopic (exact) mass is 1290 g/mol. The smallest absolute Gasteiger partial charge is 0.322 e. The molecule has 0 bridgehead atoms. The van der Waals surface area contributed by atoms with E-state index in [9.17, 15) is 0 Å². The highest BCUT2D eigenvalue weighted by Gasteiger charge is 2.53. The molecule has 0 aromatic heterocycles. The van der Waals surface area contributed by atoms with Gasteiger partial charge in [0, 0.05) is 7.11 Å². The molecule has 0 aliphatic rings. The van der Waals surface area contributed by atoms with Gasteiger partial charge in [-0.15, -0.1) is 0 Å². The summed E-state index contributed by atoms with van der Waals surface area (Å²) in [6.07, 6.45) is 0. The first-order chi connectivity index (χ1) is 29.9. The lowest BCUT2D eigenvalue weighted by molar-refractivity contribution is 0.247. The molecule has 0 N–H and O–H groups in total. The predicted molar refractivity (Wildman–Crippen MR) is 327 cm³/mol. The van der Waals surface area contributed by atoms with Crippen molar-refractivity contribution >= 4 is 145 Å². The van der Waals surface area contributed by atoms with E-state index in [1.54, 1.807) is 7.11 Å². The second-order valence-corrected chi connectivity index (χ2v) is 88.8. The minimum atomic E-state index is -2.82.